The van der Waals surface area contributed by atoms with Crippen molar-refractivity contribution in [3.8, 4) is 11.5 Å². The third kappa shape index (κ3) is 24.4. The van der Waals surface area contributed by atoms with E-state index in [1.54, 1.807) is 0 Å². The number of unbranched alkanes of at least 4 members (excludes halogenated alkanes) is 2. The fraction of sp³-hybridized carbons (Fsp3) is 0.533. The molecule has 0 fully saturated rings. The van der Waals surface area contributed by atoms with E-state index in [1.165, 1.54) is 48.5 Å². The zero-order valence-electron chi connectivity index (χ0n) is 25.0. The molecule has 0 saturated carbocycles. The molecule has 0 unspecified atom stereocenters. The molecule has 1 radical (unpaired) electrons. The third-order valence-electron chi connectivity index (χ3n) is 5.56. The second-order valence-corrected chi connectivity index (χ2v) is 8.89. The first kappa shape index (κ1) is 44.7. The van der Waals surface area contributed by atoms with Gasteiger partial charge in [-0.3, -0.25) is 9.80 Å². The van der Waals surface area contributed by atoms with Crippen LogP contribution in [0.3, 0.4) is 0 Å². The number of aliphatic hydroxyl groups is 4. The van der Waals surface area contributed by atoms with Crippen LogP contribution in [0.25, 0.3) is 0 Å². The number of carboxylic acids is 2. The molecule has 6 N–H and O–H groups in total. The average molecular weight is 660 g/mol. The van der Waals surface area contributed by atoms with Gasteiger partial charge in [-0.05, 0) is 38.1 Å². The Bertz CT molecular complexity index is 865. The Morgan fingerprint density at radius 2 is 0.860 bits per heavy atom. The van der Waals surface area contributed by atoms with Gasteiger partial charge in [0.15, 0.2) is 0 Å². The molecule has 0 atom stereocenters. The van der Waals surface area contributed by atoms with E-state index in [2.05, 4.69) is 23.6 Å². The first-order valence-electron chi connectivity index (χ1n) is 14.0. The second kappa shape index (κ2) is 30.7. The molecule has 12 nitrogen and oxygen atoms in total. The van der Waals surface area contributed by atoms with Crippen LogP contribution in [-0.4, -0.2) is 118 Å². The van der Waals surface area contributed by atoms with Gasteiger partial charge in [0, 0.05) is 26.2 Å². The van der Waals surface area contributed by atoms with Crippen LogP contribution in [0, 0.1) is 0 Å². The van der Waals surface area contributed by atoms with Gasteiger partial charge in [0.2, 0.25) is 0 Å². The van der Waals surface area contributed by atoms with E-state index in [0.717, 1.165) is 38.8 Å². The number of rotatable bonds is 16. The molecule has 2 aromatic carbocycles. The quantitative estimate of drug-likeness (QED) is 0.140. The Balaban J connectivity index is -0.000000492. The van der Waals surface area contributed by atoms with Crippen molar-refractivity contribution in [3.63, 3.8) is 0 Å². The molecule has 0 aliphatic carbocycles. The summed E-state index contributed by atoms with van der Waals surface area (Å²) >= 11 is 0. The summed E-state index contributed by atoms with van der Waals surface area (Å²) in [6.45, 7) is 9.70. The van der Waals surface area contributed by atoms with Crippen molar-refractivity contribution in [2.75, 3.05) is 65.7 Å². The number of para-hydroxylation sites is 2. The van der Waals surface area contributed by atoms with Gasteiger partial charge in [-0.25, -0.2) is 9.59 Å². The molecule has 0 aliphatic heterocycles. The summed E-state index contributed by atoms with van der Waals surface area (Å²) < 4.78 is 0. The summed E-state index contributed by atoms with van der Waals surface area (Å²) in [5.41, 5.74) is -0.356. The van der Waals surface area contributed by atoms with Gasteiger partial charge < -0.3 is 40.9 Å². The Hall–Kier alpha value is -2.74. The van der Waals surface area contributed by atoms with Gasteiger partial charge in [0.25, 0.3) is 0 Å². The number of carbonyl (C=O) groups is 2. The number of benzene rings is 2. The Kier molecular flexibility index (Phi) is 31.9. The van der Waals surface area contributed by atoms with Gasteiger partial charge in [-0.1, -0.05) is 74.6 Å². The predicted molar refractivity (Wildman–Crippen MR) is 157 cm³/mol. The number of hydrogen-bond acceptors (Lipinski definition) is 10. The van der Waals surface area contributed by atoms with Crippen molar-refractivity contribution in [3.05, 3.63) is 59.7 Å². The zero-order chi connectivity index (χ0) is 32.2. The number of carboxylic acid groups (broad SMARTS) is 2. The van der Waals surface area contributed by atoms with Crippen LogP contribution in [0.4, 0.5) is 0 Å². The van der Waals surface area contributed by atoms with Crippen LogP contribution < -0.4 is 10.2 Å². The molecule has 0 saturated heterocycles. The zero-order valence-corrected chi connectivity index (χ0v) is 26.0. The van der Waals surface area contributed by atoms with Crippen molar-refractivity contribution in [2.45, 2.75) is 39.5 Å². The van der Waals surface area contributed by atoms with Crippen LogP contribution in [0.1, 0.15) is 60.2 Å². The Labute approximate surface area is 265 Å². The van der Waals surface area contributed by atoms with Gasteiger partial charge in [-0.2, -0.15) is 0 Å². The minimum atomic E-state index is -1.18. The maximum Gasteiger partial charge on any atom is 2.00 e. The average Bonchev–Trinajstić information content (AvgIpc) is 2.96. The van der Waals surface area contributed by atoms with Crippen LogP contribution >= 0.6 is 0 Å². The van der Waals surface area contributed by atoms with Crippen LogP contribution in [0.2, 0.25) is 0 Å². The first-order chi connectivity index (χ1) is 20.1. The summed E-state index contributed by atoms with van der Waals surface area (Å²) in [7, 11) is 0. The van der Waals surface area contributed by atoms with E-state index >= 15 is 0 Å². The van der Waals surface area contributed by atoms with Gasteiger partial charge in [0.1, 0.15) is 0 Å². The van der Waals surface area contributed by atoms with Crippen molar-refractivity contribution in [2.24, 2.45) is 0 Å². The van der Waals surface area contributed by atoms with Gasteiger partial charge in [-0.15, -0.1) is 0 Å². The Morgan fingerprint density at radius 3 is 1.05 bits per heavy atom. The SMILES string of the molecule is CCCCN(CCO)CCO.CCCCN(CCO)CCO.O=C(O)c1ccccc1[O-].O=C(O)c1ccccc1[O-].[Cu+2]. The van der Waals surface area contributed by atoms with Crippen LogP contribution in [0.15, 0.2) is 48.5 Å². The van der Waals surface area contributed by atoms with E-state index in [-0.39, 0.29) is 54.6 Å². The van der Waals surface area contributed by atoms with Crippen LogP contribution in [-0.2, 0) is 17.1 Å². The molecule has 0 aliphatic rings. The van der Waals surface area contributed by atoms with E-state index in [4.69, 9.17) is 30.6 Å². The maximum absolute atomic E-state index is 10.7. The molecule has 2 rings (SSSR count). The Morgan fingerprint density at radius 1 is 0.581 bits per heavy atom. The summed E-state index contributed by atoms with van der Waals surface area (Å²) in [6, 6.07) is 11.1. The fourth-order valence-electron chi connectivity index (χ4n) is 3.29. The standard InChI is InChI=1S/2C8H19NO2.2C7H6O3.Cu/c2*1-2-3-4-9(5-7-10)6-8-11;2*8-6-4-2-1-3-5(6)7(9)10;/h2*10-11H,2-8H2,1H3;2*1-4,8H,(H,9,10);/q;;;;+2/p-2. The molecule has 0 bridgehead atoms. The van der Waals surface area contributed by atoms with Crippen molar-refractivity contribution in [1.29, 1.82) is 0 Å². The topological polar surface area (TPSA) is 208 Å². The number of aromatic carboxylic acids is 2. The van der Waals surface area contributed by atoms with Gasteiger partial charge in [0.05, 0.1) is 37.6 Å². The smallest absolute Gasteiger partial charge is 0.872 e. The van der Waals surface area contributed by atoms with E-state index in [9.17, 15) is 19.8 Å². The molecule has 249 valence electrons. The van der Waals surface area contributed by atoms with Gasteiger partial charge >= 0.3 is 29.0 Å². The molecular weight excluding hydrogens is 612 g/mol. The molecule has 0 amide bonds. The van der Waals surface area contributed by atoms with Crippen molar-refractivity contribution >= 4 is 11.9 Å². The van der Waals surface area contributed by atoms with E-state index in [1.807, 2.05) is 0 Å². The largest absolute Gasteiger partial charge is 2.00 e. The predicted octanol–water partition coefficient (Wildman–Crippen LogP) is 1.06. The summed E-state index contributed by atoms with van der Waals surface area (Å²) in [5.74, 6) is -3.25. The third-order valence-corrected chi connectivity index (χ3v) is 5.56. The minimum absolute atomic E-state index is 0. The van der Waals surface area contributed by atoms with Crippen molar-refractivity contribution < 1.29 is 67.5 Å². The summed E-state index contributed by atoms with van der Waals surface area (Å²) in [5, 5.41) is 72.6. The molecule has 0 aromatic heterocycles. The summed E-state index contributed by atoms with van der Waals surface area (Å²) in [4.78, 5) is 24.6. The first-order valence-corrected chi connectivity index (χ1v) is 14.0. The summed E-state index contributed by atoms with van der Waals surface area (Å²) in [6.07, 6.45) is 4.60. The molecule has 0 heterocycles. The molecule has 13 heteroatoms. The molecule has 43 heavy (non-hydrogen) atoms. The normalized spacial score (nSPS) is 9.86. The van der Waals surface area contributed by atoms with Crippen molar-refractivity contribution in [1.82, 2.24) is 9.80 Å². The molecule has 0 spiro atoms. The second-order valence-electron chi connectivity index (χ2n) is 8.89. The van der Waals surface area contributed by atoms with E-state index in [0.29, 0.717) is 26.2 Å². The fourth-order valence-corrected chi connectivity index (χ4v) is 3.29. The number of hydrogen-bond donors (Lipinski definition) is 6. The van der Waals surface area contributed by atoms with E-state index < -0.39 is 23.4 Å². The molecular formula is C30H48CuN2O10. The molecule has 2 aromatic rings. The minimum Gasteiger partial charge on any atom is -0.872 e. The monoisotopic (exact) mass is 659 g/mol. The number of nitrogens with zero attached hydrogens (tertiary/aromatic N) is 2. The number of aliphatic hydroxyl groups excluding tert-OH is 4. The van der Waals surface area contributed by atoms with Crippen LogP contribution in [0.5, 0.6) is 11.5 Å². The maximum atomic E-state index is 10.7.